The molecule has 3 rings (SSSR count). The first-order valence-electron chi connectivity index (χ1n) is 7.66. The number of hydrogen-bond acceptors (Lipinski definition) is 3. The number of nitrogens with one attached hydrogen (secondary N) is 1. The van der Waals surface area contributed by atoms with E-state index in [1.165, 1.54) is 5.56 Å². The molecule has 1 aromatic heterocycles. The Kier molecular flexibility index (Phi) is 4.10. The van der Waals surface area contributed by atoms with Crippen LogP contribution < -0.4 is 5.32 Å². The monoisotopic (exact) mass is 309 g/mol. The zero-order valence-electron chi connectivity index (χ0n) is 13.1. The van der Waals surface area contributed by atoms with E-state index in [-0.39, 0.29) is 17.7 Å². The molecule has 0 aliphatic carbocycles. The molecule has 1 N–H and O–H groups in total. The number of aromatic nitrogens is 2. The number of carbonyl (C=O) groups excluding carboxylic acids is 2. The molecule has 5 heteroatoms. The van der Waals surface area contributed by atoms with Crippen LogP contribution in [0.2, 0.25) is 0 Å². The van der Waals surface area contributed by atoms with Crippen molar-refractivity contribution in [3.8, 4) is 11.3 Å². The van der Waals surface area contributed by atoms with E-state index >= 15 is 0 Å². The molecule has 5 nitrogen and oxygen atoms in total. The van der Waals surface area contributed by atoms with Gasteiger partial charge in [-0.2, -0.15) is 5.10 Å². The lowest BCUT2D eigenvalue weighted by molar-refractivity contribution is -0.134. The van der Waals surface area contributed by atoms with Gasteiger partial charge in [0.15, 0.2) is 0 Å². The Labute approximate surface area is 135 Å². The van der Waals surface area contributed by atoms with Gasteiger partial charge in [-0.15, -0.1) is 6.58 Å². The summed E-state index contributed by atoms with van der Waals surface area (Å²) in [4.78, 5) is 23.3. The van der Waals surface area contributed by atoms with Gasteiger partial charge in [0.05, 0.1) is 17.3 Å². The third kappa shape index (κ3) is 3.08. The third-order valence-electron chi connectivity index (χ3n) is 4.12. The highest BCUT2D eigenvalue weighted by Crippen LogP contribution is 2.28. The van der Waals surface area contributed by atoms with Crippen LogP contribution in [0.25, 0.3) is 11.3 Å². The normalized spacial score (nSPS) is 17.9. The fourth-order valence-corrected chi connectivity index (χ4v) is 2.88. The summed E-state index contributed by atoms with van der Waals surface area (Å²) in [6.07, 6.45) is 3.59. The van der Waals surface area contributed by atoms with E-state index in [1.54, 1.807) is 4.68 Å². The van der Waals surface area contributed by atoms with Crippen molar-refractivity contribution in [2.24, 2.45) is 7.05 Å². The summed E-state index contributed by atoms with van der Waals surface area (Å²) in [7, 11) is 1.86. The van der Waals surface area contributed by atoms with Gasteiger partial charge in [-0.25, -0.2) is 0 Å². The number of hydrogen-bond donors (Lipinski definition) is 1. The van der Waals surface area contributed by atoms with Crippen molar-refractivity contribution in [3.05, 3.63) is 54.2 Å². The molecule has 1 aliphatic rings. The van der Waals surface area contributed by atoms with E-state index in [2.05, 4.69) is 29.1 Å². The van der Waals surface area contributed by atoms with E-state index in [0.29, 0.717) is 18.5 Å². The van der Waals surface area contributed by atoms with Crippen molar-refractivity contribution < 1.29 is 9.59 Å². The quantitative estimate of drug-likeness (QED) is 0.696. The van der Waals surface area contributed by atoms with Gasteiger partial charge in [0.1, 0.15) is 0 Å². The number of rotatable bonds is 4. The van der Waals surface area contributed by atoms with Gasteiger partial charge in [0.2, 0.25) is 11.8 Å². The molecule has 0 radical (unpaired) electrons. The first-order valence-corrected chi connectivity index (χ1v) is 7.66. The van der Waals surface area contributed by atoms with Crippen LogP contribution >= 0.6 is 0 Å². The van der Waals surface area contributed by atoms with Gasteiger partial charge in [-0.1, -0.05) is 30.3 Å². The SMILES string of the molecule is C=CCc1ccc(-c2cc(C3CCC(=O)NC3=O)nn2C)cc1. The molecule has 0 saturated carbocycles. The average molecular weight is 309 g/mol. The minimum atomic E-state index is -0.354. The fourth-order valence-electron chi connectivity index (χ4n) is 2.88. The lowest BCUT2D eigenvalue weighted by Crippen LogP contribution is -2.39. The van der Waals surface area contributed by atoms with Crippen LogP contribution in [-0.2, 0) is 23.1 Å². The highest BCUT2D eigenvalue weighted by Gasteiger charge is 2.30. The van der Waals surface area contributed by atoms with Gasteiger partial charge in [-0.05, 0) is 30.0 Å². The van der Waals surface area contributed by atoms with Crippen LogP contribution in [0.1, 0.15) is 30.0 Å². The summed E-state index contributed by atoms with van der Waals surface area (Å²) in [5, 5.41) is 6.85. The van der Waals surface area contributed by atoms with Crippen LogP contribution in [0, 0.1) is 0 Å². The second-order valence-corrected chi connectivity index (χ2v) is 5.77. The number of amides is 2. The molecule has 2 aromatic rings. The maximum Gasteiger partial charge on any atom is 0.235 e. The van der Waals surface area contributed by atoms with Crippen LogP contribution in [-0.4, -0.2) is 21.6 Å². The summed E-state index contributed by atoms with van der Waals surface area (Å²) in [5.74, 6) is -0.819. The van der Waals surface area contributed by atoms with Gasteiger partial charge in [0, 0.05) is 13.5 Å². The van der Waals surface area contributed by atoms with Crippen molar-refractivity contribution in [2.45, 2.75) is 25.2 Å². The molecular weight excluding hydrogens is 290 g/mol. The summed E-state index contributed by atoms with van der Waals surface area (Å²) < 4.78 is 1.78. The van der Waals surface area contributed by atoms with Crippen molar-refractivity contribution in [1.82, 2.24) is 15.1 Å². The van der Waals surface area contributed by atoms with E-state index < -0.39 is 0 Å². The highest BCUT2D eigenvalue weighted by atomic mass is 16.2. The predicted molar refractivity (Wildman–Crippen MR) is 87.7 cm³/mol. The number of aryl methyl sites for hydroxylation is 1. The molecule has 1 unspecified atom stereocenters. The molecule has 1 aliphatic heterocycles. The van der Waals surface area contributed by atoms with E-state index in [4.69, 9.17) is 0 Å². The second kappa shape index (κ2) is 6.20. The van der Waals surface area contributed by atoms with Gasteiger partial charge in [-0.3, -0.25) is 19.6 Å². The predicted octanol–water partition coefficient (Wildman–Crippen LogP) is 2.34. The number of carbonyl (C=O) groups is 2. The maximum atomic E-state index is 12.0. The molecule has 1 aromatic carbocycles. The molecule has 2 heterocycles. The molecule has 23 heavy (non-hydrogen) atoms. The van der Waals surface area contributed by atoms with Crippen molar-refractivity contribution >= 4 is 11.8 Å². The Balaban J connectivity index is 1.87. The van der Waals surface area contributed by atoms with E-state index in [9.17, 15) is 9.59 Å². The van der Waals surface area contributed by atoms with Crippen LogP contribution in [0.4, 0.5) is 0 Å². The standard InChI is InChI=1S/C18H19N3O2/c1-3-4-12-5-7-13(8-6-12)16-11-15(20-21(16)2)14-9-10-17(22)19-18(14)23/h3,5-8,11,14H,1,4,9-10H2,2H3,(H,19,22,23). The van der Waals surface area contributed by atoms with Crippen LogP contribution in [0.5, 0.6) is 0 Å². The van der Waals surface area contributed by atoms with Crippen molar-refractivity contribution in [1.29, 1.82) is 0 Å². The van der Waals surface area contributed by atoms with Crippen LogP contribution in [0.15, 0.2) is 43.0 Å². The number of nitrogens with zero attached hydrogens (tertiary/aromatic N) is 2. The first-order chi connectivity index (χ1) is 11.1. The summed E-state index contributed by atoms with van der Waals surface area (Å²) in [5.41, 5.74) is 3.92. The lowest BCUT2D eigenvalue weighted by atomic mass is 9.94. The molecule has 1 saturated heterocycles. The number of allylic oxidation sites excluding steroid dienone is 1. The first kappa shape index (κ1) is 15.2. The largest absolute Gasteiger partial charge is 0.296 e. The zero-order valence-corrected chi connectivity index (χ0v) is 13.1. The van der Waals surface area contributed by atoms with Gasteiger partial charge < -0.3 is 0 Å². The maximum absolute atomic E-state index is 12.0. The van der Waals surface area contributed by atoms with E-state index in [0.717, 1.165) is 17.7 Å². The zero-order chi connectivity index (χ0) is 16.4. The Hall–Kier alpha value is -2.69. The molecule has 1 fully saturated rings. The molecular formula is C18H19N3O2. The van der Waals surface area contributed by atoms with E-state index in [1.807, 2.05) is 31.3 Å². The minimum Gasteiger partial charge on any atom is -0.296 e. The number of imide groups is 1. The van der Waals surface area contributed by atoms with Crippen molar-refractivity contribution in [2.75, 3.05) is 0 Å². The molecule has 2 amide bonds. The fraction of sp³-hybridized carbons (Fsp3) is 0.278. The summed E-state index contributed by atoms with van der Waals surface area (Å²) >= 11 is 0. The second-order valence-electron chi connectivity index (χ2n) is 5.77. The molecule has 1 atom stereocenters. The minimum absolute atomic E-state index is 0.208. The van der Waals surface area contributed by atoms with Gasteiger partial charge >= 0.3 is 0 Å². The smallest absolute Gasteiger partial charge is 0.235 e. The Bertz CT molecular complexity index is 759. The topological polar surface area (TPSA) is 64.0 Å². The number of piperidine rings is 1. The highest BCUT2D eigenvalue weighted by molar-refractivity contribution is 6.00. The molecule has 118 valence electrons. The summed E-state index contributed by atoms with van der Waals surface area (Å²) in [6, 6.07) is 10.2. The molecule has 0 bridgehead atoms. The average Bonchev–Trinajstić information content (AvgIpc) is 2.90. The van der Waals surface area contributed by atoms with Crippen molar-refractivity contribution in [3.63, 3.8) is 0 Å². The Morgan fingerprint density at radius 1 is 1.35 bits per heavy atom. The lowest BCUT2D eigenvalue weighted by Gasteiger charge is -2.18. The van der Waals surface area contributed by atoms with Crippen LogP contribution in [0.3, 0.4) is 0 Å². The Morgan fingerprint density at radius 3 is 2.74 bits per heavy atom. The van der Waals surface area contributed by atoms with Gasteiger partial charge in [0.25, 0.3) is 0 Å². The molecule has 0 spiro atoms. The number of benzene rings is 1. The Morgan fingerprint density at radius 2 is 2.09 bits per heavy atom. The summed E-state index contributed by atoms with van der Waals surface area (Å²) in [6.45, 7) is 3.74. The third-order valence-corrected chi connectivity index (χ3v) is 4.12.